The summed E-state index contributed by atoms with van der Waals surface area (Å²) in [7, 11) is 1.76. The van der Waals surface area contributed by atoms with Gasteiger partial charge in [0, 0.05) is 26.1 Å². The zero-order valence-corrected chi connectivity index (χ0v) is 10.8. The topological polar surface area (TPSA) is 51.4 Å². The molecule has 1 atom stereocenters. The van der Waals surface area contributed by atoms with Crippen LogP contribution in [0.4, 0.5) is 11.5 Å². The minimum atomic E-state index is 0.263. The lowest BCUT2D eigenvalue weighted by molar-refractivity contribution is 0.112. The molecule has 1 fully saturated rings. The van der Waals surface area contributed by atoms with Crippen LogP contribution in [-0.4, -0.2) is 31.8 Å². The van der Waals surface area contributed by atoms with E-state index in [4.69, 9.17) is 10.5 Å². The van der Waals surface area contributed by atoms with Gasteiger partial charge in [0.15, 0.2) is 0 Å². The van der Waals surface area contributed by atoms with Crippen molar-refractivity contribution in [1.82, 2.24) is 4.98 Å². The van der Waals surface area contributed by atoms with Gasteiger partial charge >= 0.3 is 0 Å². The zero-order valence-electron chi connectivity index (χ0n) is 10.8. The molecule has 2 N–H and O–H groups in total. The second kappa shape index (κ2) is 4.53. The third-order valence-corrected chi connectivity index (χ3v) is 3.61. The average Bonchev–Trinajstić information content (AvgIpc) is 2.56. The lowest BCUT2D eigenvalue weighted by Gasteiger charge is -2.24. The lowest BCUT2D eigenvalue weighted by atomic mass is 9.83. The van der Waals surface area contributed by atoms with Crippen LogP contribution in [0.1, 0.15) is 13.8 Å². The number of nitrogen functional groups attached to an aromatic ring is 1. The van der Waals surface area contributed by atoms with Gasteiger partial charge in [-0.3, -0.25) is 0 Å². The molecule has 1 aliphatic rings. The zero-order chi connectivity index (χ0) is 12.5. The average molecular weight is 235 g/mol. The first kappa shape index (κ1) is 12.2. The summed E-state index contributed by atoms with van der Waals surface area (Å²) in [6, 6.07) is 3.89. The molecule has 17 heavy (non-hydrogen) atoms. The Bertz CT molecular complexity index is 375. The van der Waals surface area contributed by atoms with Crippen molar-refractivity contribution in [1.29, 1.82) is 0 Å². The summed E-state index contributed by atoms with van der Waals surface area (Å²) in [4.78, 5) is 6.69. The maximum absolute atomic E-state index is 5.65. The van der Waals surface area contributed by atoms with E-state index in [1.807, 2.05) is 12.1 Å². The quantitative estimate of drug-likeness (QED) is 0.867. The van der Waals surface area contributed by atoms with Crippen molar-refractivity contribution in [3.8, 4) is 0 Å². The third-order valence-electron chi connectivity index (χ3n) is 3.61. The van der Waals surface area contributed by atoms with Gasteiger partial charge in [-0.25, -0.2) is 4.98 Å². The van der Waals surface area contributed by atoms with Gasteiger partial charge in [0.05, 0.1) is 18.5 Å². The fourth-order valence-electron chi connectivity index (χ4n) is 2.44. The van der Waals surface area contributed by atoms with E-state index in [9.17, 15) is 0 Å². The second-order valence-electron chi connectivity index (χ2n) is 5.47. The molecule has 4 heteroatoms. The van der Waals surface area contributed by atoms with E-state index in [1.165, 1.54) is 0 Å². The SMILES string of the molecule is COC[C@@H]1CN(c2ccc(N)cn2)CC1(C)C. The fourth-order valence-corrected chi connectivity index (χ4v) is 2.44. The molecule has 0 amide bonds. The van der Waals surface area contributed by atoms with Crippen molar-refractivity contribution in [2.45, 2.75) is 13.8 Å². The standard InChI is InChI=1S/C13H21N3O/c1-13(2)9-16(7-10(13)8-17-3)12-5-4-11(14)6-15-12/h4-6,10H,7-9,14H2,1-3H3/t10-/m0/s1. The molecule has 94 valence electrons. The molecule has 0 radical (unpaired) electrons. The smallest absolute Gasteiger partial charge is 0.128 e. The van der Waals surface area contributed by atoms with E-state index in [0.29, 0.717) is 11.6 Å². The summed E-state index contributed by atoms with van der Waals surface area (Å²) in [5.41, 5.74) is 6.62. The number of pyridine rings is 1. The summed E-state index contributed by atoms with van der Waals surface area (Å²) < 4.78 is 5.30. The third kappa shape index (κ3) is 2.52. The molecular formula is C13H21N3O. The Balaban J connectivity index is 2.12. The monoisotopic (exact) mass is 235 g/mol. The Morgan fingerprint density at radius 2 is 2.29 bits per heavy atom. The summed E-state index contributed by atoms with van der Waals surface area (Å²) in [5.74, 6) is 1.55. The van der Waals surface area contributed by atoms with Crippen molar-refractivity contribution in [3.05, 3.63) is 18.3 Å². The van der Waals surface area contributed by atoms with Gasteiger partial charge in [0.2, 0.25) is 0 Å². The van der Waals surface area contributed by atoms with Crippen LogP contribution in [0.15, 0.2) is 18.3 Å². The maximum Gasteiger partial charge on any atom is 0.128 e. The number of rotatable bonds is 3. The van der Waals surface area contributed by atoms with E-state index in [0.717, 1.165) is 25.5 Å². The molecule has 0 bridgehead atoms. The van der Waals surface area contributed by atoms with E-state index in [-0.39, 0.29) is 5.41 Å². The summed E-state index contributed by atoms with van der Waals surface area (Å²) >= 11 is 0. The molecule has 0 saturated carbocycles. The van der Waals surface area contributed by atoms with Crippen molar-refractivity contribution < 1.29 is 4.74 Å². The number of nitrogens with zero attached hydrogens (tertiary/aromatic N) is 2. The number of methoxy groups -OCH3 is 1. The number of aromatic nitrogens is 1. The molecule has 0 unspecified atom stereocenters. The van der Waals surface area contributed by atoms with E-state index in [1.54, 1.807) is 13.3 Å². The molecule has 1 saturated heterocycles. The summed E-state index contributed by atoms with van der Waals surface area (Å²) in [5, 5.41) is 0. The Morgan fingerprint density at radius 1 is 1.53 bits per heavy atom. The van der Waals surface area contributed by atoms with Crippen LogP contribution in [0.25, 0.3) is 0 Å². The summed E-state index contributed by atoms with van der Waals surface area (Å²) in [6.45, 7) is 7.39. The maximum atomic E-state index is 5.65. The first-order valence-electron chi connectivity index (χ1n) is 5.98. The molecule has 4 nitrogen and oxygen atoms in total. The highest BCUT2D eigenvalue weighted by atomic mass is 16.5. The molecule has 0 aliphatic carbocycles. The Hall–Kier alpha value is -1.29. The molecule has 0 aromatic carbocycles. The normalized spacial score (nSPS) is 23.0. The highest BCUT2D eigenvalue weighted by Gasteiger charge is 2.39. The number of hydrogen-bond acceptors (Lipinski definition) is 4. The van der Waals surface area contributed by atoms with Gasteiger partial charge < -0.3 is 15.4 Å². The van der Waals surface area contributed by atoms with Crippen LogP contribution < -0.4 is 10.6 Å². The molecule has 1 aromatic heterocycles. The minimum Gasteiger partial charge on any atom is -0.397 e. The van der Waals surface area contributed by atoms with Gasteiger partial charge in [0.1, 0.15) is 5.82 Å². The van der Waals surface area contributed by atoms with E-state index < -0.39 is 0 Å². The minimum absolute atomic E-state index is 0.263. The van der Waals surface area contributed by atoms with E-state index >= 15 is 0 Å². The van der Waals surface area contributed by atoms with Crippen LogP contribution in [0.2, 0.25) is 0 Å². The predicted molar refractivity (Wildman–Crippen MR) is 70.0 cm³/mol. The van der Waals surface area contributed by atoms with Gasteiger partial charge in [-0.15, -0.1) is 0 Å². The van der Waals surface area contributed by atoms with Crippen LogP contribution in [-0.2, 0) is 4.74 Å². The van der Waals surface area contributed by atoms with Crippen LogP contribution in [0, 0.1) is 11.3 Å². The number of hydrogen-bond donors (Lipinski definition) is 1. The van der Waals surface area contributed by atoms with Crippen LogP contribution in [0.5, 0.6) is 0 Å². The van der Waals surface area contributed by atoms with Crippen LogP contribution >= 0.6 is 0 Å². The van der Waals surface area contributed by atoms with Crippen LogP contribution in [0.3, 0.4) is 0 Å². The number of anilines is 2. The number of ether oxygens (including phenoxy) is 1. The molecule has 2 rings (SSSR count). The second-order valence-corrected chi connectivity index (χ2v) is 5.47. The lowest BCUT2D eigenvalue weighted by Crippen LogP contribution is -2.25. The van der Waals surface area contributed by atoms with Crippen molar-refractivity contribution >= 4 is 11.5 Å². The highest BCUT2D eigenvalue weighted by Crippen LogP contribution is 2.37. The molecule has 0 spiro atoms. The van der Waals surface area contributed by atoms with Gasteiger partial charge in [-0.05, 0) is 17.5 Å². The van der Waals surface area contributed by atoms with Crippen molar-refractivity contribution in [2.24, 2.45) is 11.3 Å². The predicted octanol–water partition coefficient (Wildman–Crippen LogP) is 1.77. The van der Waals surface area contributed by atoms with Crippen molar-refractivity contribution in [3.63, 3.8) is 0 Å². The summed E-state index contributed by atoms with van der Waals surface area (Å²) in [6.07, 6.45) is 1.71. The Kier molecular flexibility index (Phi) is 3.24. The molecule has 1 aliphatic heterocycles. The highest BCUT2D eigenvalue weighted by molar-refractivity contribution is 5.47. The first-order chi connectivity index (χ1) is 8.03. The molecular weight excluding hydrogens is 214 g/mol. The van der Waals surface area contributed by atoms with Gasteiger partial charge in [0.25, 0.3) is 0 Å². The number of nitrogens with two attached hydrogens (primary N) is 1. The molecule has 2 heterocycles. The Morgan fingerprint density at radius 3 is 2.88 bits per heavy atom. The van der Waals surface area contributed by atoms with Gasteiger partial charge in [-0.2, -0.15) is 0 Å². The van der Waals surface area contributed by atoms with Gasteiger partial charge in [-0.1, -0.05) is 13.8 Å². The largest absolute Gasteiger partial charge is 0.397 e. The molecule has 1 aromatic rings. The Labute approximate surface area is 103 Å². The first-order valence-corrected chi connectivity index (χ1v) is 5.98. The fraction of sp³-hybridized carbons (Fsp3) is 0.615. The van der Waals surface area contributed by atoms with E-state index in [2.05, 4.69) is 23.7 Å². The van der Waals surface area contributed by atoms with Crippen molar-refractivity contribution in [2.75, 3.05) is 37.4 Å².